The van der Waals surface area contributed by atoms with Crippen molar-refractivity contribution >= 4 is 40.1 Å². The van der Waals surface area contributed by atoms with E-state index < -0.39 is 40.1 Å². The van der Waals surface area contributed by atoms with Crippen LogP contribution in [0, 0.1) is 0 Å². The maximum Gasteiger partial charge on any atom is 0.243 e. The molecule has 12 nitrogen and oxygen atoms in total. The van der Waals surface area contributed by atoms with Gasteiger partial charge in [0.1, 0.15) is 0 Å². The Morgan fingerprint density at radius 2 is 0.853 bits per heavy atom. The maximum absolute atomic E-state index is 13.1. The molecule has 0 aromatic heterocycles. The van der Waals surface area contributed by atoms with E-state index in [-0.39, 0.29) is 73.7 Å². The van der Waals surface area contributed by atoms with Crippen LogP contribution in [0.3, 0.4) is 0 Å². The van der Waals surface area contributed by atoms with Crippen LogP contribution in [0.1, 0.15) is 13.8 Å². The lowest BCUT2D eigenvalue weighted by molar-refractivity contribution is 0.272. The van der Waals surface area contributed by atoms with Crippen LogP contribution in [0.4, 0.5) is 0 Å². The van der Waals surface area contributed by atoms with Gasteiger partial charge in [0.15, 0.2) is 0 Å². The molecule has 16 heteroatoms. The second-order valence-electron chi connectivity index (χ2n) is 7.88. The van der Waals surface area contributed by atoms with E-state index in [2.05, 4.69) is 0 Å². The van der Waals surface area contributed by atoms with Crippen molar-refractivity contribution in [1.29, 1.82) is 0 Å². The summed E-state index contributed by atoms with van der Waals surface area (Å²) < 4.78 is 105. The summed E-state index contributed by atoms with van der Waals surface area (Å²) in [6.07, 6.45) is 0. The molecule has 194 valence electrons. The van der Waals surface area contributed by atoms with Gasteiger partial charge < -0.3 is 0 Å². The van der Waals surface area contributed by atoms with Gasteiger partial charge in [-0.05, 0) is 32.0 Å². The average Bonchev–Trinajstić information content (AvgIpc) is 2.84. The molecule has 0 aliphatic carbocycles. The molecule has 2 aliphatic heterocycles. The van der Waals surface area contributed by atoms with Crippen LogP contribution in [-0.4, -0.2) is 115 Å². The summed E-state index contributed by atoms with van der Waals surface area (Å²) in [4.78, 5) is -0.403. The molecule has 0 bridgehead atoms. The highest BCUT2D eigenvalue weighted by Crippen LogP contribution is 2.24. The highest BCUT2D eigenvalue weighted by molar-refractivity contribution is 7.90. The minimum atomic E-state index is -4.04. The third kappa shape index (κ3) is 5.48. The van der Waals surface area contributed by atoms with E-state index in [9.17, 15) is 33.7 Å². The van der Waals surface area contributed by atoms with Crippen LogP contribution >= 0.6 is 0 Å². The van der Waals surface area contributed by atoms with Crippen LogP contribution in [0.2, 0.25) is 0 Å². The van der Waals surface area contributed by atoms with Crippen molar-refractivity contribution in [2.75, 3.05) is 63.9 Å². The SMILES string of the molecule is CCS(=O)(=O)N1CCN(S(=O)(=O)c2cccc(S(=O)(=O)N3CCN(S(=O)(=O)CC)CC3)c2)CC1. The Kier molecular flexibility index (Phi) is 8.14. The Balaban J connectivity index is 1.77. The molecule has 2 fully saturated rings. The van der Waals surface area contributed by atoms with Crippen LogP contribution in [0.5, 0.6) is 0 Å². The van der Waals surface area contributed by atoms with Gasteiger partial charge in [0.25, 0.3) is 0 Å². The molecule has 2 heterocycles. The van der Waals surface area contributed by atoms with Crippen LogP contribution in [-0.2, 0) is 40.1 Å². The monoisotopic (exact) mass is 558 g/mol. The van der Waals surface area contributed by atoms with Crippen molar-refractivity contribution in [3.05, 3.63) is 24.3 Å². The second-order valence-corrected chi connectivity index (χ2v) is 16.3. The zero-order valence-corrected chi connectivity index (χ0v) is 22.3. The summed E-state index contributed by atoms with van der Waals surface area (Å²) in [6.45, 7) is 3.00. The minimum Gasteiger partial charge on any atom is -0.212 e. The van der Waals surface area contributed by atoms with Gasteiger partial charge in [-0.1, -0.05) is 6.07 Å². The Labute approximate surface area is 202 Å². The first-order chi connectivity index (χ1) is 15.8. The normalized spacial score (nSPS) is 21.0. The topological polar surface area (TPSA) is 150 Å². The fourth-order valence-corrected chi connectivity index (χ4v) is 9.02. The molecule has 0 radical (unpaired) electrons. The lowest BCUT2D eigenvalue weighted by atomic mass is 10.4. The summed E-state index contributed by atoms with van der Waals surface area (Å²) in [7, 11) is -14.9. The number of hydrogen-bond donors (Lipinski definition) is 0. The first kappa shape index (κ1) is 27.4. The van der Waals surface area contributed by atoms with E-state index in [0.717, 1.165) is 14.7 Å². The Hall–Kier alpha value is -1.14. The highest BCUT2D eigenvalue weighted by Gasteiger charge is 2.35. The highest BCUT2D eigenvalue weighted by atomic mass is 32.2. The van der Waals surface area contributed by atoms with Gasteiger partial charge >= 0.3 is 0 Å². The average molecular weight is 559 g/mol. The Morgan fingerprint density at radius 1 is 0.559 bits per heavy atom. The summed E-state index contributed by atoms with van der Waals surface area (Å²) in [5, 5.41) is 0. The van der Waals surface area contributed by atoms with E-state index >= 15 is 0 Å². The molecule has 1 aromatic rings. The first-order valence-electron chi connectivity index (χ1n) is 10.8. The molecule has 34 heavy (non-hydrogen) atoms. The molecule has 0 amide bonds. The van der Waals surface area contributed by atoms with Crippen molar-refractivity contribution < 1.29 is 33.7 Å². The molecule has 0 N–H and O–H groups in total. The lowest BCUT2D eigenvalue weighted by Gasteiger charge is -2.33. The fraction of sp³-hybridized carbons (Fsp3) is 0.667. The second kappa shape index (κ2) is 10.1. The number of nitrogens with zero attached hydrogens (tertiary/aromatic N) is 4. The molecular weight excluding hydrogens is 528 g/mol. The van der Waals surface area contributed by atoms with E-state index in [1.54, 1.807) is 0 Å². The largest absolute Gasteiger partial charge is 0.243 e. The van der Waals surface area contributed by atoms with E-state index in [4.69, 9.17) is 0 Å². The van der Waals surface area contributed by atoms with Crippen molar-refractivity contribution in [2.45, 2.75) is 23.6 Å². The number of rotatable bonds is 8. The predicted molar refractivity (Wildman–Crippen MR) is 126 cm³/mol. The van der Waals surface area contributed by atoms with Gasteiger partial charge in [0, 0.05) is 52.4 Å². The molecule has 2 saturated heterocycles. The van der Waals surface area contributed by atoms with Crippen molar-refractivity contribution in [3.8, 4) is 0 Å². The molecular formula is C18H30N4O8S4. The quantitative estimate of drug-likeness (QED) is 0.394. The molecule has 0 atom stereocenters. The minimum absolute atomic E-state index is 0.0261. The molecule has 3 rings (SSSR count). The zero-order valence-electron chi connectivity index (χ0n) is 19.1. The summed E-state index contributed by atoms with van der Waals surface area (Å²) in [6, 6.07) is 5.04. The van der Waals surface area contributed by atoms with Crippen molar-refractivity contribution in [3.63, 3.8) is 0 Å². The molecule has 0 saturated carbocycles. The molecule has 1 aromatic carbocycles. The van der Waals surface area contributed by atoms with Crippen molar-refractivity contribution in [2.24, 2.45) is 0 Å². The van der Waals surface area contributed by atoms with E-state index in [0.29, 0.717) is 0 Å². The molecule has 0 spiro atoms. The lowest BCUT2D eigenvalue weighted by Crippen LogP contribution is -2.51. The number of sulfonamides is 4. The first-order valence-corrected chi connectivity index (χ1v) is 16.9. The van der Waals surface area contributed by atoms with Gasteiger partial charge in [-0.25, -0.2) is 33.7 Å². The van der Waals surface area contributed by atoms with Gasteiger partial charge in [0.05, 0.1) is 21.3 Å². The van der Waals surface area contributed by atoms with Crippen molar-refractivity contribution in [1.82, 2.24) is 17.2 Å². The van der Waals surface area contributed by atoms with Crippen LogP contribution < -0.4 is 0 Å². The Bertz CT molecular complexity index is 1210. The predicted octanol–water partition coefficient (Wildman–Crippen LogP) is -1.00. The summed E-state index contributed by atoms with van der Waals surface area (Å²) in [5.74, 6) is -0.142. The number of piperazine rings is 2. The third-order valence-corrected chi connectivity index (χ3v) is 13.5. The van der Waals surface area contributed by atoms with E-state index in [1.807, 2.05) is 0 Å². The van der Waals surface area contributed by atoms with Gasteiger partial charge in [-0.3, -0.25) is 0 Å². The van der Waals surface area contributed by atoms with Crippen LogP contribution in [0.15, 0.2) is 34.1 Å². The molecule has 2 aliphatic rings. The van der Waals surface area contributed by atoms with Gasteiger partial charge in [0.2, 0.25) is 40.1 Å². The summed E-state index contributed by atoms with van der Waals surface area (Å²) >= 11 is 0. The standard InChI is InChI=1S/C18H30N4O8S4/c1-3-31(23,24)19-8-12-21(13-9-19)33(27,28)17-6-5-7-18(16-17)34(29,30)22-14-10-20(11-15-22)32(25,26)4-2/h5-7,16H,3-4,8-15H2,1-2H3. The van der Waals surface area contributed by atoms with Crippen LogP contribution in [0.25, 0.3) is 0 Å². The Morgan fingerprint density at radius 3 is 1.15 bits per heavy atom. The smallest absolute Gasteiger partial charge is 0.212 e. The van der Waals surface area contributed by atoms with Gasteiger partial charge in [-0.2, -0.15) is 17.2 Å². The van der Waals surface area contributed by atoms with E-state index in [1.165, 1.54) is 40.7 Å². The zero-order chi connectivity index (χ0) is 25.4. The molecule has 0 unspecified atom stereocenters. The number of hydrogen-bond acceptors (Lipinski definition) is 8. The number of benzene rings is 1. The third-order valence-electron chi connectivity index (χ3n) is 5.99. The fourth-order valence-electron chi connectivity index (χ4n) is 3.83. The van der Waals surface area contributed by atoms with Gasteiger partial charge in [-0.15, -0.1) is 0 Å². The maximum atomic E-state index is 13.1. The summed E-state index contributed by atoms with van der Waals surface area (Å²) in [5.41, 5.74) is 0.